The summed E-state index contributed by atoms with van der Waals surface area (Å²) in [5, 5.41) is 21.6. The fourth-order valence-electron chi connectivity index (χ4n) is 1.72. The summed E-state index contributed by atoms with van der Waals surface area (Å²) >= 11 is 0. The van der Waals surface area contributed by atoms with Crippen molar-refractivity contribution in [2.75, 3.05) is 5.32 Å². The number of aromatic nitrogens is 1. The summed E-state index contributed by atoms with van der Waals surface area (Å²) in [4.78, 5) is 25.6. The minimum absolute atomic E-state index is 0. The second-order valence-electron chi connectivity index (χ2n) is 4.54. The second kappa shape index (κ2) is 9.67. The zero-order valence-corrected chi connectivity index (χ0v) is 15.0. The summed E-state index contributed by atoms with van der Waals surface area (Å²) in [7, 11) is 0. The van der Waals surface area contributed by atoms with Gasteiger partial charge in [-0.15, -0.1) is 0 Å². The van der Waals surface area contributed by atoms with Crippen LogP contribution in [0.5, 0.6) is 11.5 Å². The number of carboxylic acids is 1. The van der Waals surface area contributed by atoms with Crippen molar-refractivity contribution >= 4 is 17.6 Å². The van der Waals surface area contributed by atoms with Crippen LogP contribution < -0.4 is 44.7 Å². The van der Waals surface area contributed by atoms with Crippen LogP contribution in [0.2, 0.25) is 0 Å². The van der Waals surface area contributed by atoms with Crippen molar-refractivity contribution in [2.24, 2.45) is 0 Å². The van der Waals surface area contributed by atoms with Crippen molar-refractivity contribution in [3.8, 4) is 17.6 Å². The minimum atomic E-state index is -1.27. The van der Waals surface area contributed by atoms with Crippen LogP contribution in [0, 0.1) is 11.3 Å². The van der Waals surface area contributed by atoms with E-state index in [9.17, 15) is 14.7 Å². The Bertz CT molecular complexity index is 757. The number of pyridine rings is 1. The molecule has 0 aliphatic heterocycles. The number of anilines is 1. The number of carbonyl (C=O) groups excluding carboxylic acids is 2. The quantitative estimate of drug-likeness (QED) is 0.625. The molecule has 2 aromatic rings. The van der Waals surface area contributed by atoms with Crippen LogP contribution in [0.1, 0.15) is 18.5 Å². The zero-order chi connectivity index (χ0) is 16.7. The smallest absolute Gasteiger partial charge is 0.550 e. The van der Waals surface area contributed by atoms with Gasteiger partial charge < -0.3 is 20.0 Å². The molecule has 0 aliphatic rings. The third kappa shape index (κ3) is 6.38. The Morgan fingerprint density at radius 1 is 1.17 bits per heavy atom. The van der Waals surface area contributed by atoms with E-state index in [0.29, 0.717) is 17.2 Å². The molecule has 1 amide bonds. The van der Waals surface area contributed by atoms with E-state index >= 15 is 0 Å². The van der Waals surface area contributed by atoms with Crippen molar-refractivity contribution in [2.45, 2.75) is 12.8 Å². The van der Waals surface area contributed by atoms with E-state index in [1.165, 1.54) is 12.3 Å². The molecule has 1 heterocycles. The van der Waals surface area contributed by atoms with Crippen LogP contribution in [0.4, 0.5) is 5.69 Å². The largest absolute Gasteiger partial charge is 1.00 e. The van der Waals surface area contributed by atoms with Gasteiger partial charge in [0.05, 0.1) is 0 Å². The van der Waals surface area contributed by atoms with Crippen molar-refractivity contribution in [1.82, 2.24) is 4.98 Å². The number of hydrogen-bond donors (Lipinski definition) is 1. The second-order valence-corrected chi connectivity index (χ2v) is 4.54. The van der Waals surface area contributed by atoms with Gasteiger partial charge in [-0.3, -0.25) is 4.79 Å². The maximum Gasteiger partial charge on any atom is 1.00 e. The Hall–Kier alpha value is -2.40. The van der Waals surface area contributed by atoms with Gasteiger partial charge in [-0.1, -0.05) is 0 Å². The number of carboxylic acid groups (broad SMARTS) is 1. The summed E-state index contributed by atoms with van der Waals surface area (Å²) in [6.45, 7) is 0. The fourth-order valence-corrected chi connectivity index (χ4v) is 1.72. The van der Waals surface area contributed by atoms with Crippen LogP contribution in [-0.2, 0) is 9.59 Å². The molecule has 116 valence electrons. The number of nitrogens with one attached hydrogen (secondary N) is 1. The number of ether oxygens (including phenoxy) is 1. The van der Waals surface area contributed by atoms with Gasteiger partial charge in [-0.05, 0) is 36.8 Å². The number of nitriles is 1. The Kier molecular flexibility index (Phi) is 7.92. The van der Waals surface area contributed by atoms with E-state index in [-0.39, 0.29) is 48.1 Å². The predicted molar refractivity (Wildman–Crippen MR) is 78.3 cm³/mol. The molecular formula is C16H12N3NaO4. The van der Waals surface area contributed by atoms with E-state index < -0.39 is 11.9 Å². The topological polar surface area (TPSA) is 115 Å². The van der Waals surface area contributed by atoms with Crippen LogP contribution in [0.15, 0.2) is 42.6 Å². The van der Waals surface area contributed by atoms with E-state index in [4.69, 9.17) is 10.00 Å². The van der Waals surface area contributed by atoms with Crippen LogP contribution >= 0.6 is 0 Å². The van der Waals surface area contributed by atoms with Crippen molar-refractivity contribution in [3.05, 3.63) is 48.3 Å². The van der Waals surface area contributed by atoms with E-state index in [2.05, 4.69) is 10.3 Å². The molecule has 0 atom stereocenters. The third-order valence-corrected chi connectivity index (χ3v) is 2.78. The monoisotopic (exact) mass is 333 g/mol. The van der Waals surface area contributed by atoms with Crippen molar-refractivity contribution < 1.29 is 49.0 Å². The number of rotatable bonds is 6. The average Bonchev–Trinajstić information content (AvgIpc) is 2.55. The van der Waals surface area contributed by atoms with Crippen molar-refractivity contribution in [1.29, 1.82) is 5.26 Å². The van der Waals surface area contributed by atoms with Gasteiger partial charge >= 0.3 is 29.6 Å². The van der Waals surface area contributed by atoms with Gasteiger partial charge in [0.2, 0.25) is 5.91 Å². The third-order valence-electron chi connectivity index (χ3n) is 2.78. The van der Waals surface area contributed by atoms with Crippen LogP contribution in [0.3, 0.4) is 0 Å². The maximum atomic E-state index is 11.5. The molecule has 1 aromatic carbocycles. The molecule has 2 rings (SSSR count). The first-order valence-electron chi connectivity index (χ1n) is 6.70. The summed E-state index contributed by atoms with van der Waals surface area (Å²) in [6.07, 6.45) is 1.00. The number of aliphatic carboxylic acids is 1. The first-order chi connectivity index (χ1) is 11.1. The van der Waals surface area contributed by atoms with E-state index in [1.807, 2.05) is 6.07 Å². The van der Waals surface area contributed by atoms with Gasteiger partial charge in [-0.25, -0.2) is 4.98 Å². The first-order valence-corrected chi connectivity index (χ1v) is 6.70. The van der Waals surface area contributed by atoms with Gasteiger partial charge in [0, 0.05) is 30.3 Å². The molecule has 0 fully saturated rings. The number of amides is 1. The molecule has 0 saturated heterocycles. The molecule has 0 saturated carbocycles. The Balaban J connectivity index is 0.00000288. The molecule has 1 aromatic heterocycles. The van der Waals surface area contributed by atoms with Gasteiger partial charge in [0.25, 0.3) is 0 Å². The standard InChI is InChI=1S/C16H13N3O4.Na/c17-10-12-9-14(7-8-18-12)23-13-3-1-11(2-4-13)19-15(20)5-6-16(21)22;/h1-4,7-9H,5-6H2,(H,19,20)(H,21,22);/q;+1/p-1. The molecule has 1 N–H and O–H groups in total. The van der Waals surface area contributed by atoms with E-state index in [1.54, 1.807) is 30.3 Å². The molecule has 8 heteroatoms. The van der Waals surface area contributed by atoms with Crippen molar-refractivity contribution in [3.63, 3.8) is 0 Å². The molecule has 7 nitrogen and oxygen atoms in total. The minimum Gasteiger partial charge on any atom is -0.550 e. The van der Waals surface area contributed by atoms with Crippen LogP contribution in [-0.4, -0.2) is 16.9 Å². The molecule has 0 aliphatic carbocycles. The summed E-state index contributed by atoms with van der Waals surface area (Å²) in [5.41, 5.74) is 0.771. The number of nitrogens with zero attached hydrogens (tertiary/aromatic N) is 2. The average molecular weight is 333 g/mol. The summed E-state index contributed by atoms with van der Waals surface area (Å²) in [5.74, 6) is -0.677. The molecule has 0 bridgehead atoms. The zero-order valence-electron chi connectivity index (χ0n) is 13.0. The predicted octanol–water partition coefficient (Wildman–Crippen LogP) is -1.78. The van der Waals surface area contributed by atoms with Gasteiger partial charge in [0.15, 0.2) is 0 Å². The molecule has 0 unspecified atom stereocenters. The molecular weight excluding hydrogens is 321 g/mol. The normalized spacial score (nSPS) is 9.29. The Labute approximate surface area is 160 Å². The first kappa shape index (κ1) is 19.6. The molecule has 0 spiro atoms. The van der Waals surface area contributed by atoms with Crippen LogP contribution in [0.25, 0.3) is 0 Å². The summed E-state index contributed by atoms with van der Waals surface area (Å²) < 4.78 is 5.57. The Morgan fingerprint density at radius 3 is 2.50 bits per heavy atom. The van der Waals surface area contributed by atoms with Gasteiger partial charge in [-0.2, -0.15) is 5.26 Å². The number of carbonyl (C=O) groups is 2. The van der Waals surface area contributed by atoms with Gasteiger partial charge in [0.1, 0.15) is 23.3 Å². The summed E-state index contributed by atoms with van der Waals surface area (Å²) in [6, 6.07) is 11.6. The number of benzene rings is 1. The number of hydrogen-bond acceptors (Lipinski definition) is 6. The maximum absolute atomic E-state index is 11.5. The SMILES string of the molecule is N#Cc1cc(Oc2ccc(NC(=O)CCC(=O)[O-])cc2)ccn1.[Na+]. The molecule has 24 heavy (non-hydrogen) atoms. The fraction of sp³-hybridized carbons (Fsp3) is 0.125. The van der Waals surface area contributed by atoms with E-state index in [0.717, 1.165) is 0 Å². The Morgan fingerprint density at radius 2 is 1.88 bits per heavy atom. The molecule has 0 radical (unpaired) electrons.